The predicted octanol–water partition coefficient (Wildman–Crippen LogP) is 1.96. The van der Waals surface area contributed by atoms with Crippen LogP contribution in [0.25, 0.3) is 0 Å². The van der Waals surface area contributed by atoms with Crippen LogP contribution in [-0.4, -0.2) is 41.4 Å². The van der Waals surface area contributed by atoms with E-state index in [9.17, 15) is 9.90 Å². The monoisotopic (exact) mass is 264 g/mol. The zero-order chi connectivity index (χ0) is 14.0. The lowest BCUT2D eigenvalue weighted by molar-refractivity contribution is 0.0637. The molecule has 0 aliphatic carbocycles. The van der Waals surface area contributed by atoms with Gasteiger partial charge in [-0.15, -0.1) is 0 Å². The van der Waals surface area contributed by atoms with E-state index in [2.05, 4.69) is 23.7 Å². The first kappa shape index (κ1) is 13.8. The molecule has 104 valence electrons. The van der Waals surface area contributed by atoms with Crippen LogP contribution in [0.5, 0.6) is 0 Å². The standard InChI is InChI=1S/C14H20N2O3/c1-4-11-7-10(13(17)18)8-12(15-11)16-5-6-19-9-14(16,2)3/h7-8H,4-6,9H2,1-3H3,(H,17,18). The van der Waals surface area contributed by atoms with E-state index in [0.717, 1.165) is 24.5 Å². The minimum atomic E-state index is -0.913. The molecule has 5 heteroatoms. The van der Waals surface area contributed by atoms with Crippen LogP contribution in [0.4, 0.5) is 5.82 Å². The van der Waals surface area contributed by atoms with Crippen molar-refractivity contribution in [1.29, 1.82) is 0 Å². The highest BCUT2D eigenvalue weighted by Crippen LogP contribution is 2.26. The molecule has 0 unspecified atom stereocenters. The maximum Gasteiger partial charge on any atom is 0.335 e. The van der Waals surface area contributed by atoms with Gasteiger partial charge in [0.05, 0.1) is 24.3 Å². The van der Waals surface area contributed by atoms with Crippen molar-refractivity contribution >= 4 is 11.8 Å². The highest BCUT2D eigenvalue weighted by molar-refractivity contribution is 5.88. The second-order valence-electron chi connectivity index (χ2n) is 5.38. The first-order valence-corrected chi connectivity index (χ1v) is 6.53. The van der Waals surface area contributed by atoms with Gasteiger partial charge in [0.1, 0.15) is 5.82 Å². The van der Waals surface area contributed by atoms with Gasteiger partial charge < -0.3 is 14.7 Å². The lowest BCUT2D eigenvalue weighted by atomic mass is 10.0. The Hall–Kier alpha value is -1.62. The Balaban J connectivity index is 2.42. The quantitative estimate of drug-likeness (QED) is 0.904. The van der Waals surface area contributed by atoms with Crippen molar-refractivity contribution in [3.8, 4) is 0 Å². The molecule has 0 amide bonds. The first-order valence-electron chi connectivity index (χ1n) is 6.53. The summed E-state index contributed by atoms with van der Waals surface area (Å²) in [5, 5.41) is 9.19. The van der Waals surface area contributed by atoms with E-state index in [-0.39, 0.29) is 5.54 Å². The molecule has 0 bridgehead atoms. The summed E-state index contributed by atoms with van der Waals surface area (Å²) < 4.78 is 5.48. The number of pyridine rings is 1. The topological polar surface area (TPSA) is 62.7 Å². The van der Waals surface area contributed by atoms with Gasteiger partial charge in [-0.1, -0.05) is 6.92 Å². The molecule has 19 heavy (non-hydrogen) atoms. The molecule has 2 heterocycles. The molecular formula is C14H20N2O3. The van der Waals surface area contributed by atoms with Crippen molar-refractivity contribution in [3.63, 3.8) is 0 Å². The van der Waals surface area contributed by atoms with Gasteiger partial charge in [-0.25, -0.2) is 9.78 Å². The summed E-state index contributed by atoms with van der Waals surface area (Å²) in [5.74, 6) is -0.186. The molecule has 1 aliphatic rings. The van der Waals surface area contributed by atoms with Gasteiger partial charge in [0.2, 0.25) is 0 Å². The number of carboxylic acids is 1. The third-order valence-electron chi connectivity index (χ3n) is 3.40. The van der Waals surface area contributed by atoms with Crippen LogP contribution in [-0.2, 0) is 11.2 Å². The number of morpholine rings is 1. The number of ether oxygens (including phenoxy) is 1. The van der Waals surface area contributed by atoms with Crippen LogP contribution in [0.1, 0.15) is 36.8 Å². The van der Waals surface area contributed by atoms with Gasteiger partial charge in [0.15, 0.2) is 0 Å². The highest BCUT2D eigenvalue weighted by atomic mass is 16.5. The second kappa shape index (κ2) is 5.17. The summed E-state index contributed by atoms with van der Waals surface area (Å²) >= 11 is 0. The summed E-state index contributed by atoms with van der Waals surface area (Å²) in [7, 11) is 0. The molecule has 1 fully saturated rings. The minimum absolute atomic E-state index is 0.173. The van der Waals surface area contributed by atoms with Crippen LogP contribution in [0.2, 0.25) is 0 Å². The number of carbonyl (C=O) groups is 1. The summed E-state index contributed by atoms with van der Waals surface area (Å²) in [4.78, 5) is 17.9. The van der Waals surface area contributed by atoms with Gasteiger partial charge in [-0.3, -0.25) is 0 Å². The number of aryl methyl sites for hydroxylation is 1. The largest absolute Gasteiger partial charge is 0.478 e. The van der Waals surface area contributed by atoms with Crippen molar-refractivity contribution in [3.05, 3.63) is 23.4 Å². The van der Waals surface area contributed by atoms with Crippen molar-refractivity contribution in [2.45, 2.75) is 32.7 Å². The molecule has 1 aliphatic heterocycles. The van der Waals surface area contributed by atoms with Gasteiger partial charge in [0, 0.05) is 12.2 Å². The Kier molecular flexibility index (Phi) is 3.75. The number of hydrogen-bond acceptors (Lipinski definition) is 4. The number of carboxylic acid groups (broad SMARTS) is 1. The predicted molar refractivity (Wildman–Crippen MR) is 72.8 cm³/mol. The van der Waals surface area contributed by atoms with E-state index in [1.165, 1.54) is 0 Å². The highest BCUT2D eigenvalue weighted by Gasteiger charge is 2.32. The number of rotatable bonds is 3. The minimum Gasteiger partial charge on any atom is -0.478 e. The molecule has 5 nitrogen and oxygen atoms in total. The van der Waals surface area contributed by atoms with Gasteiger partial charge in [-0.05, 0) is 32.4 Å². The van der Waals surface area contributed by atoms with E-state index in [0.29, 0.717) is 18.8 Å². The van der Waals surface area contributed by atoms with Crippen LogP contribution < -0.4 is 4.90 Å². The number of nitrogens with zero attached hydrogens (tertiary/aromatic N) is 2. The maximum absolute atomic E-state index is 11.2. The Morgan fingerprint density at radius 2 is 2.26 bits per heavy atom. The Morgan fingerprint density at radius 1 is 1.53 bits per heavy atom. The zero-order valence-electron chi connectivity index (χ0n) is 11.6. The summed E-state index contributed by atoms with van der Waals surface area (Å²) in [6.07, 6.45) is 0.721. The molecule has 0 saturated carbocycles. The Bertz CT molecular complexity index is 486. The fourth-order valence-electron chi connectivity index (χ4n) is 2.30. The van der Waals surface area contributed by atoms with E-state index in [1.54, 1.807) is 12.1 Å². The molecule has 1 aromatic rings. The normalized spacial score (nSPS) is 18.4. The summed E-state index contributed by atoms with van der Waals surface area (Å²) in [6.45, 7) is 8.12. The molecule has 0 radical (unpaired) electrons. The van der Waals surface area contributed by atoms with Gasteiger partial charge in [-0.2, -0.15) is 0 Å². The molecular weight excluding hydrogens is 244 g/mol. The van der Waals surface area contributed by atoms with E-state index in [1.807, 2.05) is 6.92 Å². The SMILES string of the molecule is CCc1cc(C(=O)O)cc(N2CCOCC2(C)C)n1. The van der Waals surface area contributed by atoms with Crippen LogP contribution >= 0.6 is 0 Å². The maximum atomic E-state index is 11.2. The van der Waals surface area contributed by atoms with Crippen molar-refractivity contribution < 1.29 is 14.6 Å². The summed E-state index contributed by atoms with van der Waals surface area (Å²) in [6, 6.07) is 3.29. The lowest BCUT2D eigenvalue weighted by Crippen LogP contribution is -2.53. The third-order valence-corrected chi connectivity index (χ3v) is 3.40. The molecule has 0 atom stereocenters. The molecule has 0 aromatic carbocycles. The summed E-state index contributed by atoms with van der Waals surface area (Å²) in [5.41, 5.74) is 0.925. The zero-order valence-corrected chi connectivity index (χ0v) is 11.6. The average molecular weight is 264 g/mol. The Labute approximate surface area is 113 Å². The van der Waals surface area contributed by atoms with Crippen molar-refractivity contribution in [2.75, 3.05) is 24.7 Å². The fraction of sp³-hybridized carbons (Fsp3) is 0.571. The average Bonchev–Trinajstić information content (AvgIpc) is 2.37. The van der Waals surface area contributed by atoms with Crippen LogP contribution in [0.15, 0.2) is 12.1 Å². The number of hydrogen-bond donors (Lipinski definition) is 1. The van der Waals surface area contributed by atoms with E-state index >= 15 is 0 Å². The van der Waals surface area contributed by atoms with E-state index < -0.39 is 5.97 Å². The lowest BCUT2D eigenvalue weighted by Gasteiger charge is -2.43. The fourth-order valence-corrected chi connectivity index (χ4v) is 2.30. The van der Waals surface area contributed by atoms with Crippen molar-refractivity contribution in [1.82, 2.24) is 4.98 Å². The van der Waals surface area contributed by atoms with E-state index in [4.69, 9.17) is 4.74 Å². The third kappa shape index (κ3) is 2.87. The first-order chi connectivity index (χ1) is 8.94. The van der Waals surface area contributed by atoms with Crippen LogP contribution in [0.3, 0.4) is 0 Å². The van der Waals surface area contributed by atoms with Crippen LogP contribution in [0, 0.1) is 0 Å². The molecule has 2 rings (SSSR count). The molecule has 0 spiro atoms. The smallest absolute Gasteiger partial charge is 0.335 e. The van der Waals surface area contributed by atoms with Gasteiger partial charge >= 0.3 is 5.97 Å². The molecule has 1 aromatic heterocycles. The second-order valence-corrected chi connectivity index (χ2v) is 5.38. The number of anilines is 1. The molecule has 1 N–H and O–H groups in total. The molecule has 1 saturated heterocycles. The Morgan fingerprint density at radius 3 is 2.84 bits per heavy atom. The van der Waals surface area contributed by atoms with Crippen molar-refractivity contribution in [2.24, 2.45) is 0 Å². The van der Waals surface area contributed by atoms with Gasteiger partial charge in [0.25, 0.3) is 0 Å². The number of aromatic nitrogens is 1. The number of aromatic carboxylic acids is 1.